The average molecular weight is 681 g/mol. The minimum Gasteiger partial charge on any atom is -0.463 e. The van der Waals surface area contributed by atoms with Gasteiger partial charge in [0.25, 0.3) is 0 Å². The molecule has 48 heavy (non-hydrogen) atoms. The lowest BCUT2D eigenvalue weighted by molar-refractivity contribution is -0.152. The molecule has 0 aromatic carbocycles. The molecule has 0 rings (SSSR count). The number of carbonyl (C=O) groups excluding carboxylic acids is 2. The van der Waals surface area contributed by atoms with Crippen LogP contribution in [0.4, 0.5) is 0 Å². The van der Waals surface area contributed by atoms with E-state index in [4.69, 9.17) is 9.47 Å². The van der Waals surface area contributed by atoms with Gasteiger partial charge in [0.2, 0.25) is 0 Å². The summed E-state index contributed by atoms with van der Waals surface area (Å²) >= 11 is 0. The zero-order valence-corrected chi connectivity index (χ0v) is 32.9. The summed E-state index contributed by atoms with van der Waals surface area (Å²) < 4.78 is 10.4. The molecule has 0 aromatic rings. The average Bonchev–Trinajstić information content (AvgIpc) is 3.05. The number of carbonyl (C=O) groups is 2. The van der Waals surface area contributed by atoms with Gasteiger partial charge in [0.05, 0.1) is 0 Å². The van der Waals surface area contributed by atoms with Crippen molar-refractivity contribution in [2.45, 2.75) is 239 Å². The smallest absolute Gasteiger partial charge is 0.305 e. The molecule has 0 saturated carbocycles. The molecule has 0 aromatic heterocycles. The van der Waals surface area contributed by atoms with Crippen molar-refractivity contribution in [3.05, 3.63) is 0 Å². The summed E-state index contributed by atoms with van der Waals surface area (Å²) in [5, 5.41) is 10.0. The molecular formula is C43H84O5. The molecular weight excluding hydrogens is 596 g/mol. The molecule has 0 heterocycles. The number of unbranched alkanes of at least 4 members (excludes halogenated alkanes) is 26. The van der Waals surface area contributed by atoms with Crippen molar-refractivity contribution in [1.29, 1.82) is 0 Å². The van der Waals surface area contributed by atoms with E-state index in [1.165, 1.54) is 167 Å². The van der Waals surface area contributed by atoms with E-state index in [0.717, 1.165) is 37.5 Å². The van der Waals surface area contributed by atoms with Crippen LogP contribution in [0, 0.1) is 11.8 Å². The number of esters is 2. The van der Waals surface area contributed by atoms with Gasteiger partial charge in [-0.25, -0.2) is 0 Å². The zero-order valence-electron chi connectivity index (χ0n) is 32.9. The number of ether oxygens (including phenoxy) is 2. The molecule has 1 N–H and O–H groups in total. The molecule has 0 aliphatic heterocycles. The van der Waals surface area contributed by atoms with Gasteiger partial charge >= 0.3 is 11.9 Å². The molecule has 0 aliphatic rings. The number of aliphatic hydroxyl groups excluding tert-OH is 1. The normalized spacial score (nSPS) is 12.2. The summed E-state index contributed by atoms with van der Waals surface area (Å²) in [6.07, 6.45) is 38.8. The monoisotopic (exact) mass is 681 g/mol. The van der Waals surface area contributed by atoms with Crippen molar-refractivity contribution < 1.29 is 24.2 Å². The van der Waals surface area contributed by atoms with Crippen LogP contribution in [0.25, 0.3) is 0 Å². The molecule has 0 amide bonds. The van der Waals surface area contributed by atoms with Crippen molar-refractivity contribution in [2.24, 2.45) is 11.8 Å². The van der Waals surface area contributed by atoms with Crippen molar-refractivity contribution in [3.63, 3.8) is 0 Å². The van der Waals surface area contributed by atoms with Gasteiger partial charge in [-0.15, -0.1) is 0 Å². The fourth-order valence-electron chi connectivity index (χ4n) is 6.46. The lowest BCUT2D eigenvalue weighted by atomic mass is 10.0. The molecule has 0 unspecified atom stereocenters. The Bertz CT molecular complexity index is 676. The standard InChI is InChI=1S/C43H84O5/c1-39(2)33-29-25-21-17-13-11-9-7-5-6-8-10-12-14-19-23-27-31-35-42(45)47-37-41(44)38-48-43(46)36-32-28-24-20-16-15-18-22-26-30-34-40(3)4/h39-41,44H,5-38H2,1-4H3/t41-/m1/s1. The largest absolute Gasteiger partial charge is 0.463 e. The first-order valence-corrected chi connectivity index (χ1v) is 21.3. The maximum Gasteiger partial charge on any atom is 0.305 e. The van der Waals surface area contributed by atoms with Crippen LogP contribution in [0.3, 0.4) is 0 Å². The molecule has 0 spiro atoms. The molecule has 0 bridgehead atoms. The van der Waals surface area contributed by atoms with Crippen LogP contribution in [0.2, 0.25) is 0 Å². The van der Waals surface area contributed by atoms with E-state index < -0.39 is 6.10 Å². The first-order chi connectivity index (χ1) is 23.3. The molecule has 0 saturated heterocycles. The fourth-order valence-corrected chi connectivity index (χ4v) is 6.46. The summed E-state index contributed by atoms with van der Waals surface area (Å²) in [5.74, 6) is 1.14. The first-order valence-electron chi connectivity index (χ1n) is 21.3. The van der Waals surface area contributed by atoms with Gasteiger partial charge in [0.1, 0.15) is 19.3 Å². The quantitative estimate of drug-likeness (QED) is 0.0519. The maximum atomic E-state index is 12.0. The Hall–Kier alpha value is -1.10. The number of rotatable bonds is 38. The van der Waals surface area contributed by atoms with Crippen LogP contribution in [-0.4, -0.2) is 36.4 Å². The van der Waals surface area contributed by atoms with Crippen LogP contribution < -0.4 is 0 Å². The third-order valence-electron chi connectivity index (χ3n) is 9.70. The van der Waals surface area contributed by atoms with Gasteiger partial charge in [-0.3, -0.25) is 9.59 Å². The summed E-state index contributed by atoms with van der Waals surface area (Å²) in [6, 6.07) is 0. The highest BCUT2D eigenvalue weighted by Gasteiger charge is 2.12. The highest BCUT2D eigenvalue weighted by atomic mass is 16.6. The molecule has 0 aliphatic carbocycles. The molecule has 0 radical (unpaired) electrons. The molecule has 5 heteroatoms. The molecule has 5 nitrogen and oxygen atoms in total. The lowest BCUT2D eigenvalue weighted by Crippen LogP contribution is -2.25. The van der Waals surface area contributed by atoms with Crippen LogP contribution in [0.15, 0.2) is 0 Å². The predicted octanol–water partition coefficient (Wildman–Crippen LogP) is 13.2. The van der Waals surface area contributed by atoms with Crippen LogP contribution >= 0.6 is 0 Å². The number of aliphatic hydroxyl groups is 1. The topological polar surface area (TPSA) is 72.8 Å². The summed E-state index contributed by atoms with van der Waals surface area (Å²) in [6.45, 7) is 9.03. The van der Waals surface area contributed by atoms with E-state index in [-0.39, 0.29) is 25.2 Å². The number of hydrogen-bond acceptors (Lipinski definition) is 5. The highest BCUT2D eigenvalue weighted by Crippen LogP contribution is 2.17. The van der Waals surface area contributed by atoms with E-state index in [0.29, 0.717) is 12.8 Å². The minimum absolute atomic E-state index is 0.109. The van der Waals surface area contributed by atoms with Gasteiger partial charge < -0.3 is 14.6 Å². The maximum absolute atomic E-state index is 12.0. The zero-order chi connectivity index (χ0) is 35.3. The van der Waals surface area contributed by atoms with E-state index >= 15 is 0 Å². The highest BCUT2D eigenvalue weighted by molar-refractivity contribution is 5.69. The van der Waals surface area contributed by atoms with E-state index in [1.54, 1.807) is 0 Å². The van der Waals surface area contributed by atoms with Gasteiger partial charge in [0.15, 0.2) is 0 Å². The molecule has 286 valence electrons. The van der Waals surface area contributed by atoms with Gasteiger partial charge in [-0.05, 0) is 24.7 Å². The van der Waals surface area contributed by atoms with Crippen molar-refractivity contribution >= 4 is 11.9 Å². The van der Waals surface area contributed by atoms with Crippen molar-refractivity contribution in [3.8, 4) is 0 Å². The lowest BCUT2D eigenvalue weighted by Gasteiger charge is -2.12. The van der Waals surface area contributed by atoms with Gasteiger partial charge in [0, 0.05) is 12.8 Å². The van der Waals surface area contributed by atoms with Crippen LogP contribution in [0.5, 0.6) is 0 Å². The summed E-state index contributed by atoms with van der Waals surface area (Å²) in [7, 11) is 0. The van der Waals surface area contributed by atoms with Crippen LogP contribution in [0.1, 0.15) is 233 Å². The van der Waals surface area contributed by atoms with Crippen molar-refractivity contribution in [1.82, 2.24) is 0 Å². The third kappa shape index (κ3) is 39.3. The van der Waals surface area contributed by atoms with Crippen molar-refractivity contribution in [2.75, 3.05) is 13.2 Å². The predicted molar refractivity (Wildman–Crippen MR) is 205 cm³/mol. The summed E-state index contributed by atoms with van der Waals surface area (Å²) in [4.78, 5) is 24.0. The first kappa shape index (κ1) is 46.9. The second-order valence-corrected chi connectivity index (χ2v) is 15.8. The van der Waals surface area contributed by atoms with Crippen LogP contribution in [-0.2, 0) is 19.1 Å². The Balaban J connectivity index is 3.35. The second kappa shape index (κ2) is 37.2. The Kier molecular flexibility index (Phi) is 36.3. The SMILES string of the molecule is CC(C)CCCCCCCCCCCCCCCCCCCCC(=O)OC[C@@H](O)COC(=O)CCCCCCCCCCCCC(C)C. The third-order valence-corrected chi connectivity index (χ3v) is 9.70. The molecule has 0 fully saturated rings. The second-order valence-electron chi connectivity index (χ2n) is 15.8. The molecule has 1 atom stereocenters. The Labute approximate surface area is 299 Å². The number of hydrogen-bond donors (Lipinski definition) is 1. The van der Waals surface area contributed by atoms with Gasteiger partial charge in [-0.2, -0.15) is 0 Å². The van der Waals surface area contributed by atoms with E-state index in [1.807, 2.05) is 0 Å². The minimum atomic E-state index is -0.956. The Morgan fingerprint density at radius 2 is 0.583 bits per heavy atom. The van der Waals surface area contributed by atoms with Gasteiger partial charge in [-0.1, -0.05) is 207 Å². The Morgan fingerprint density at radius 1 is 0.375 bits per heavy atom. The van der Waals surface area contributed by atoms with E-state index in [9.17, 15) is 14.7 Å². The summed E-state index contributed by atoms with van der Waals surface area (Å²) in [5.41, 5.74) is 0. The van der Waals surface area contributed by atoms with E-state index in [2.05, 4.69) is 27.7 Å². The fraction of sp³-hybridized carbons (Fsp3) is 0.953. The Morgan fingerprint density at radius 3 is 0.812 bits per heavy atom.